The van der Waals surface area contributed by atoms with Gasteiger partial charge in [-0.3, -0.25) is 14.4 Å². The molecule has 2 N–H and O–H groups in total. The Morgan fingerprint density at radius 1 is 1.50 bits per heavy atom. The number of carboxylic acid groups (broad SMARTS) is 1. The first kappa shape index (κ1) is 12.3. The van der Waals surface area contributed by atoms with E-state index in [0.717, 1.165) is 0 Å². The van der Waals surface area contributed by atoms with E-state index in [4.69, 9.17) is 5.11 Å². The number of H-pyrrole nitrogens is 1. The lowest BCUT2D eigenvalue weighted by atomic mass is 10.1. The predicted octanol–water partition coefficient (Wildman–Crippen LogP) is 0.312. The highest BCUT2D eigenvalue weighted by molar-refractivity contribution is 5.94. The van der Waals surface area contributed by atoms with Crippen molar-refractivity contribution in [2.75, 3.05) is 13.1 Å². The summed E-state index contributed by atoms with van der Waals surface area (Å²) in [5, 5.41) is 8.70. The number of likely N-dealkylation sites (tertiary alicyclic amines) is 1. The molecule has 2 rings (SSSR count). The van der Waals surface area contributed by atoms with E-state index in [1.165, 1.54) is 17.2 Å². The van der Waals surface area contributed by atoms with Gasteiger partial charge in [0.25, 0.3) is 11.5 Å². The standard InChI is InChI=1S/C12H14N2O4/c15-10(16)6-8-3-5-14(7-8)12(18)9-2-1-4-13-11(9)17/h1-2,4,8H,3,5-7H2,(H,13,17)(H,15,16). The highest BCUT2D eigenvalue weighted by atomic mass is 16.4. The van der Waals surface area contributed by atoms with Crippen LogP contribution in [0.15, 0.2) is 23.1 Å². The lowest BCUT2D eigenvalue weighted by Gasteiger charge is -2.15. The predicted molar refractivity (Wildman–Crippen MR) is 63.3 cm³/mol. The average Bonchev–Trinajstić information content (AvgIpc) is 2.76. The van der Waals surface area contributed by atoms with Crippen molar-refractivity contribution in [3.8, 4) is 0 Å². The molecule has 1 aromatic heterocycles. The number of aromatic amines is 1. The van der Waals surface area contributed by atoms with E-state index >= 15 is 0 Å². The molecule has 6 nitrogen and oxygen atoms in total. The average molecular weight is 250 g/mol. The van der Waals surface area contributed by atoms with Crippen LogP contribution in [0, 0.1) is 5.92 Å². The van der Waals surface area contributed by atoms with Crippen LogP contribution in [0.5, 0.6) is 0 Å². The van der Waals surface area contributed by atoms with E-state index in [2.05, 4.69) is 4.98 Å². The summed E-state index contributed by atoms with van der Waals surface area (Å²) in [6, 6.07) is 3.07. The molecule has 0 saturated carbocycles. The van der Waals surface area contributed by atoms with E-state index in [-0.39, 0.29) is 23.8 Å². The third-order valence-corrected chi connectivity index (χ3v) is 3.08. The first-order valence-electron chi connectivity index (χ1n) is 5.76. The van der Waals surface area contributed by atoms with Crippen molar-refractivity contribution in [2.45, 2.75) is 12.8 Å². The monoisotopic (exact) mass is 250 g/mol. The van der Waals surface area contributed by atoms with Crippen LogP contribution in [0.1, 0.15) is 23.2 Å². The minimum absolute atomic E-state index is 0.0192. The summed E-state index contributed by atoms with van der Waals surface area (Å²) in [5.74, 6) is -1.20. The van der Waals surface area contributed by atoms with Crippen LogP contribution in [-0.2, 0) is 4.79 Å². The Balaban J connectivity index is 2.06. The molecule has 1 aromatic rings. The molecule has 18 heavy (non-hydrogen) atoms. The quantitative estimate of drug-likeness (QED) is 0.807. The summed E-state index contributed by atoms with van der Waals surface area (Å²) in [4.78, 5) is 38.1. The molecular weight excluding hydrogens is 236 g/mol. The zero-order valence-electron chi connectivity index (χ0n) is 9.76. The van der Waals surface area contributed by atoms with Gasteiger partial charge in [-0.25, -0.2) is 0 Å². The van der Waals surface area contributed by atoms with E-state index in [1.807, 2.05) is 0 Å². The van der Waals surface area contributed by atoms with E-state index < -0.39 is 11.5 Å². The number of nitrogens with zero attached hydrogens (tertiary/aromatic N) is 1. The van der Waals surface area contributed by atoms with Crippen LogP contribution in [0.25, 0.3) is 0 Å². The van der Waals surface area contributed by atoms with Crippen molar-refractivity contribution in [1.82, 2.24) is 9.88 Å². The third-order valence-electron chi connectivity index (χ3n) is 3.08. The number of carbonyl (C=O) groups excluding carboxylic acids is 1. The largest absolute Gasteiger partial charge is 0.481 e. The van der Waals surface area contributed by atoms with Crippen LogP contribution >= 0.6 is 0 Å². The minimum Gasteiger partial charge on any atom is -0.481 e. The second-order valence-electron chi connectivity index (χ2n) is 4.42. The maximum absolute atomic E-state index is 12.1. The van der Waals surface area contributed by atoms with Crippen molar-refractivity contribution in [2.24, 2.45) is 5.92 Å². The molecule has 1 fully saturated rings. The van der Waals surface area contributed by atoms with Gasteiger partial charge < -0.3 is 15.0 Å². The number of hydrogen-bond donors (Lipinski definition) is 2. The number of aliphatic carboxylic acids is 1. The minimum atomic E-state index is -0.855. The fourth-order valence-electron chi connectivity index (χ4n) is 2.19. The summed E-state index contributed by atoms with van der Waals surface area (Å²) in [5.41, 5.74) is -0.308. The molecule has 1 aliphatic rings. The van der Waals surface area contributed by atoms with Gasteiger partial charge in [-0.1, -0.05) is 0 Å². The molecule has 1 aliphatic heterocycles. The van der Waals surface area contributed by atoms with Crippen LogP contribution in [0.2, 0.25) is 0 Å². The zero-order valence-corrected chi connectivity index (χ0v) is 9.76. The molecule has 0 aromatic carbocycles. The van der Waals surface area contributed by atoms with Gasteiger partial charge in [0, 0.05) is 25.7 Å². The van der Waals surface area contributed by atoms with Crippen molar-refractivity contribution in [1.29, 1.82) is 0 Å². The molecule has 1 unspecified atom stereocenters. The summed E-state index contributed by atoms with van der Waals surface area (Å²) in [6.07, 6.45) is 2.20. The van der Waals surface area contributed by atoms with Crippen LogP contribution < -0.4 is 5.56 Å². The SMILES string of the molecule is O=C(O)CC1CCN(C(=O)c2ccc[nH]c2=O)C1. The van der Waals surface area contributed by atoms with Gasteiger partial charge in [0.1, 0.15) is 5.56 Å². The molecule has 96 valence electrons. The summed E-state index contributed by atoms with van der Waals surface area (Å²) in [7, 11) is 0. The van der Waals surface area contributed by atoms with Gasteiger partial charge in [-0.2, -0.15) is 0 Å². The van der Waals surface area contributed by atoms with Gasteiger partial charge in [0.05, 0.1) is 0 Å². The number of aromatic nitrogens is 1. The fraction of sp³-hybridized carbons (Fsp3) is 0.417. The van der Waals surface area contributed by atoms with Crippen LogP contribution in [0.4, 0.5) is 0 Å². The van der Waals surface area contributed by atoms with Gasteiger partial charge in [0.2, 0.25) is 0 Å². The summed E-state index contributed by atoms with van der Waals surface area (Å²) < 4.78 is 0. The molecule has 2 heterocycles. The molecule has 6 heteroatoms. The number of carbonyl (C=O) groups is 2. The Morgan fingerprint density at radius 2 is 2.28 bits per heavy atom. The van der Waals surface area contributed by atoms with Crippen molar-refractivity contribution in [3.05, 3.63) is 34.2 Å². The molecular formula is C12H14N2O4. The van der Waals surface area contributed by atoms with Gasteiger partial charge in [-0.05, 0) is 24.5 Å². The summed E-state index contributed by atoms with van der Waals surface area (Å²) >= 11 is 0. The zero-order chi connectivity index (χ0) is 13.1. The van der Waals surface area contributed by atoms with Crippen LogP contribution in [-0.4, -0.2) is 40.0 Å². The molecule has 1 saturated heterocycles. The van der Waals surface area contributed by atoms with Gasteiger partial charge >= 0.3 is 5.97 Å². The number of pyridine rings is 1. The molecule has 0 radical (unpaired) electrons. The number of rotatable bonds is 3. The normalized spacial score (nSPS) is 18.9. The van der Waals surface area contributed by atoms with Crippen molar-refractivity contribution < 1.29 is 14.7 Å². The Labute approximate surface area is 103 Å². The van der Waals surface area contributed by atoms with E-state index in [0.29, 0.717) is 19.5 Å². The molecule has 1 amide bonds. The van der Waals surface area contributed by atoms with Gasteiger partial charge in [-0.15, -0.1) is 0 Å². The summed E-state index contributed by atoms with van der Waals surface area (Å²) in [6.45, 7) is 0.907. The van der Waals surface area contributed by atoms with E-state index in [9.17, 15) is 14.4 Å². The third kappa shape index (κ3) is 2.58. The van der Waals surface area contributed by atoms with Crippen molar-refractivity contribution in [3.63, 3.8) is 0 Å². The maximum Gasteiger partial charge on any atom is 0.303 e. The number of amides is 1. The highest BCUT2D eigenvalue weighted by Crippen LogP contribution is 2.20. The smallest absolute Gasteiger partial charge is 0.303 e. The topological polar surface area (TPSA) is 90.5 Å². The Bertz CT molecular complexity index is 523. The van der Waals surface area contributed by atoms with Crippen molar-refractivity contribution >= 4 is 11.9 Å². The second-order valence-corrected chi connectivity index (χ2v) is 4.42. The molecule has 0 spiro atoms. The molecule has 0 bridgehead atoms. The lowest BCUT2D eigenvalue weighted by molar-refractivity contribution is -0.138. The fourth-order valence-corrected chi connectivity index (χ4v) is 2.19. The first-order chi connectivity index (χ1) is 8.58. The Kier molecular flexibility index (Phi) is 3.45. The molecule has 0 aliphatic carbocycles. The number of nitrogens with one attached hydrogen (secondary N) is 1. The van der Waals surface area contributed by atoms with Crippen LogP contribution in [0.3, 0.4) is 0 Å². The van der Waals surface area contributed by atoms with E-state index in [1.54, 1.807) is 6.07 Å². The Morgan fingerprint density at radius 3 is 2.94 bits per heavy atom. The second kappa shape index (κ2) is 5.03. The number of hydrogen-bond acceptors (Lipinski definition) is 3. The Hall–Kier alpha value is -2.11. The maximum atomic E-state index is 12.1. The number of carboxylic acids is 1. The van der Waals surface area contributed by atoms with Gasteiger partial charge in [0.15, 0.2) is 0 Å². The molecule has 1 atom stereocenters. The first-order valence-corrected chi connectivity index (χ1v) is 5.76. The highest BCUT2D eigenvalue weighted by Gasteiger charge is 2.29. The lowest BCUT2D eigenvalue weighted by Crippen LogP contribution is -2.33.